The van der Waals surface area contributed by atoms with Crippen molar-refractivity contribution in [3.8, 4) is 0 Å². The van der Waals surface area contributed by atoms with Gasteiger partial charge in [0.25, 0.3) is 0 Å². The van der Waals surface area contributed by atoms with Crippen LogP contribution in [0.1, 0.15) is 48.0 Å². The molecule has 0 N–H and O–H groups in total. The van der Waals surface area contributed by atoms with Gasteiger partial charge >= 0.3 is 17.9 Å². The van der Waals surface area contributed by atoms with E-state index in [0.717, 1.165) is 0 Å². The van der Waals surface area contributed by atoms with Crippen molar-refractivity contribution in [1.29, 1.82) is 0 Å². The Morgan fingerprint density at radius 3 is 1.71 bits per heavy atom. The average molecular weight is 429 g/mol. The summed E-state index contributed by atoms with van der Waals surface area (Å²) in [6, 6.07) is 0. The molecule has 0 aliphatic carbocycles. The van der Waals surface area contributed by atoms with Crippen molar-refractivity contribution in [2.24, 2.45) is 17.3 Å². The molecule has 0 aromatic rings. The summed E-state index contributed by atoms with van der Waals surface area (Å²) in [6.07, 6.45) is 0.401. The molecule has 0 bridgehead atoms. The minimum Gasteiger partial charge on any atom is -0.463 e. The van der Waals surface area contributed by atoms with E-state index < -0.39 is 56.5 Å². The van der Waals surface area contributed by atoms with E-state index in [4.69, 9.17) is 9.47 Å². The molecule has 1 rings (SSSR count). The molecule has 1 aliphatic rings. The van der Waals surface area contributed by atoms with Crippen LogP contribution in [0.3, 0.4) is 0 Å². The van der Waals surface area contributed by atoms with E-state index in [2.05, 4.69) is 60.1 Å². The number of hydrogen-bond acceptors (Lipinski definition) is 5. The molecule has 0 radical (unpaired) electrons. The monoisotopic (exact) mass is 428 g/mol. The van der Waals surface area contributed by atoms with Crippen LogP contribution in [0.25, 0.3) is 0 Å². The van der Waals surface area contributed by atoms with E-state index in [1.807, 2.05) is 6.92 Å². The second kappa shape index (κ2) is 7.38. The molecular weight excluding hydrogens is 388 g/mol. The molecule has 0 amide bonds. The first-order valence-electron chi connectivity index (χ1n) is 10.3. The number of carbonyl (C=O) groups excluding carboxylic acids is 3. The molecule has 1 saturated heterocycles. The van der Waals surface area contributed by atoms with E-state index in [0.29, 0.717) is 6.42 Å². The maximum Gasteiger partial charge on any atom is 0.318 e. The van der Waals surface area contributed by atoms with Crippen molar-refractivity contribution in [3.05, 3.63) is 0 Å². The van der Waals surface area contributed by atoms with Gasteiger partial charge in [-0.15, -0.1) is 0 Å². The van der Waals surface area contributed by atoms with E-state index in [9.17, 15) is 14.4 Å². The summed E-state index contributed by atoms with van der Waals surface area (Å²) < 4.78 is 11.3. The van der Waals surface area contributed by atoms with Crippen LogP contribution in [0.5, 0.6) is 0 Å². The highest BCUT2D eigenvalue weighted by Crippen LogP contribution is 2.54. The largest absolute Gasteiger partial charge is 0.463 e. The van der Waals surface area contributed by atoms with E-state index in [1.54, 1.807) is 13.8 Å². The van der Waals surface area contributed by atoms with E-state index >= 15 is 0 Å². The minimum absolute atomic E-state index is 0.174. The first-order chi connectivity index (χ1) is 12.3. The predicted octanol–water partition coefficient (Wildman–Crippen LogP) is 5.04. The number of carbonyl (C=O) groups is 3. The standard InChI is InChI=1S/C21H40O5Si2/c1-13-20(5,15-14(2)16(22)25-17(15)23)18(24)26-21(6,28(10,11)12)19(3,4)27(7,8)9/h14-15H,13H2,1-12H3. The van der Waals surface area contributed by atoms with Gasteiger partial charge in [-0.2, -0.15) is 0 Å². The van der Waals surface area contributed by atoms with Crippen LogP contribution < -0.4 is 0 Å². The number of cyclic esters (lactones) is 2. The molecule has 7 heteroatoms. The van der Waals surface area contributed by atoms with Gasteiger partial charge in [-0.1, -0.05) is 67.0 Å². The van der Waals surface area contributed by atoms with Crippen LogP contribution in [0.15, 0.2) is 0 Å². The zero-order valence-electron chi connectivity index (χ0n) is 19.9. The maximum atomic E-state index is 13.6. The molecule has 0 aromatic heterocycles. The first kappa shape index (κ1) is 25.1. The molecular formula is C21H40O5Si2. The van der Waals surface area contributed by atoms with Gasteiger partial charge in [0.15, 0.2) is 0 Å². The van der Waals surface area contributed by atoms with E-state index in [1.165, 1.54) is 0 Å². The topological polar surface area (TPSA) is 69.7 Å². The summed E-state index contributed by atoms with van der Waals surface area (Å²) in [5.74, 6) is -3.02. The lowest BCUT2D eigenvalue weighted by atomic mass is 9.70. The summed E-state index contributed by atoms with van der Waals surface area (Å²) in [6.45, 7) is 25.3. The zero-order chi connectivity index (χ0) is 22.5. The molecule has 1 aliphatic heterocycles. The second-order valence-corrected chi connectivity index (χ2v) is 22.5. The Labute approximate surface area is 173 Å². The van der Waals surface area contributed by atoms with Gasteiger partial charge < -0.3 is 9.47 Å². The fourth-order valence-electron chi connectivity index (χ4n) is 4.13. The summed E-state index contributed by atoms with van der Waals surface area (Å²) in [7, 11) is -3.71. The lowest BCUT2D eigenvalue weighted by Gasteiger charge is -2.56. The Kier molecular flexibility index (Phi) is 6.61. The number of esters is 3. The average Bonchev–Trinajstić information content (AvgIpc) is 2.77. The van der Waals surface area contributed by atoms with Gasteiger partial charge in [0.1, 0.15) is 0 Å². The molecule has 162 valence electrons. The van der Waals surface area contributed by atoms with Gasteiger partial charge in [0, 0.05) is 0 Å². The lowest BCUT2D eigenvalue weighted by molar-refractivity contribution is -0.174. The molecule has 5 nitrogen and oxygen atoms in total. The third-order valence-electron chi connectivity index (χ3n) is 8.01. The fourth-order valence-corrected chi connectivity index (χ4v) is 10.1. The third-order valence-corrected chi connectivity index (χ3v) is 16.1. The number of rotatable bonds is 7. The summed E-state index contributed by atoms with van der Waals surface area (Å²) in [5, 5.41) is -0.792. The smallest absolute Gasteiger partial charge is 0.318 e. The lowest BCUT2D eigenvalue weighted by Crippen LogP contribution is -2.65. The molecule has 0 aromatic carbocycles. The van der Waals surface area contributed by atoms with Crippen LogP contribution in [-0.4, -0.2) is 39.3 Å². The Balaban J connectivity index is 3.46. The van der Waals surface area contributed by atoms with Gasteiger partial charge in [-0.25, -0.2) is 0 Å². The molecule has 4 unspecified atom stereocenters. The number of hydrogen-bond donors (Lipinski definition) is 0. The van der Waals surface area contributed by atoms with Gasteiger partial charge in [0.05, 0.1) is 38.6 Å². The molecule has 0 spiro atoms. The molecule has 28 heavy (non-hydrogen) atoms. The fraction of sp³-hybridized carbons (Fsp3) is 0.857. The van der Waals surface area contributed by atoms with Crippen molar-refractivity contribution in [3.63, 3.8) is 0 Å². The Morgan fingerprint density at radius 1 is 0.964 bits per heavy atom. The Morgan fingerprint density at radius 2 is 1.43 bits per heavy atom. The highest BCUT2D eigenvalue weighted by molar-refractivity contribution is 6.85. The van der Waals surface area contributed by atoms with Crippen LogP contribution in [0.4, 0.5) is 0 Å². The summed E-state index contributed by atoms with van der Waals surface area (Å²) in [4.78, 5) is 37.9. The zero-order valence-corrected chi connectivity index (χ0v) is 21.9. The van der Waals surface area contributed by atoms with Gasteiger partial charge in [0.2, 0.25) is 0 Å². The van der Waals surface area contributed by atoms with Crippen molar-refractivity contribution in [2.45, 2.75) is 97.5 Å². The normalized spacial score (nSPS) is 25.7. The summed E-state index contributed by atoms with van der Waals surface area (Å²) in [5.41, 5.74) is -1.10. The van der Waals surface area contributed by atoms with Gasteiger partial charge in [-0.3, -0.25) is 14.4 Å². The van der Waals surface area contributed by atoms with Crippen LogP contribution in [0.2, 0.25) is 44.3 Å². The molecule has 0 saturated carbocycles. The molecule has 4 atom stereocenters. The summed E-state index contributed by atoms with van der Waals surface area (Å²) >= 11 is 0. The maximum absolute atomic E-state index is 13.6. The highest BCUT2D eigenvalue weighted by Gasteiger charge is 2.61. The quantitative estimate of drug-likeness (QED) is 0.323. The van der Waals surface area contributed by atoms with Crippen LogP contribution in [-0.2, 0) is 23.9 Å². The van der Waals surface area contributed by atoms with Crippen molar-refractivity contribution in [2.75, 3.05) is 0 Å². The van der Waals surface area contributed by atoms with Crippen LogP contribution in [0, 0.1) is 17.3 Å². The van der Waals surface area contributed by atoms with Gasteiger partial charge in [-0.05, 0) is 25.3 Å². The van der Waals surface area contributed by atoms with Crippen molar-refractivity contribution in [1.82, 2.24) is 0 Å². The highest BCUT2D eigenvalue weighted by atomic mass is 28.3. The first-order valence-corrected chi connectivity index (χ1v) is 17.3. The van der Waals surface area contributed by atoms with Crippen molar-refractivity contribution < 1.29 is 23.9 Å². The Hall–Kier alpha value is -0.956. The second-order valence-electron chi connectivity index (χ2n) is 11.3. The predicted molar refractivity (Wildman–Crippen MR) is 117 cm³/mol. The minimum atomic E-state index is -1.99. The third kappa shape index (κ3) is 3.76. The molecule has 1 fully saturated rings. The molecule has 1 heterocycles. The van der Waals surface area contributed by atoms with Crippen molar-refractivity contribution >= 4 is 34.1 Å². The van der Waals surface area contributed by atoms with Crippen LogP contribution >= 0.6 is 0 Å². The van der Waals surface area contributed by atoms with E-state index in [-0.39, 0.29) is 5.04 Å². The Bertz CT molecular complexity index is 659. The SMILES string of the molecule is CCC(C)(C(=O)OC(C)(C(C)(C)[Si](C)(C)C)[Si](C)(C)C)C1C(=O)OC(=O)C1C. The number of ether oxygens (including phenoxy) is 2.